The van der Waals surface area contributed by atoms with Crippen LogP contribution in [0.2, 0.25) is 0 Å². The van der Waals surface area contributed by atoms with Gasteiger partial charge >= 0.3 is 0 Å². The number of rotatable bonds is 5. The predicted molar refractivity (Wildman–Crippen MR) is 73.9 cm³/mol. The van der Waals surface area contributed by atoms with Crippen LogP contribution in [-0.4, -0.2) is 23.1 Å². The van der Waals surface area contributed by atoms with E-state index in [0.717, 1.165) is 37.0 Å². The minimum atomic E-state index is 0.0261. The first-order chi connectivity index (χ1) is 8.74. The molecule has 1 heterocycles. The Bertz CT molecular complexity index is 589. The van der Waals surface area contributed by atoms with E-state index in [-0.39, 0.29) is 5.56 Å². The minimum absolute atomic E-state index is 0.0261. The van der Waals surface area contributed by atoms with E-state index in [0.29, 0.717) is 5.69 Å². The molecule has 96 valence electrons. The third-order valence-electron chi connectivity index (χ3n) is 3.07. The van der Waals surface area contributed by atoms with E-state index in [1.807, 2.05) is 35.9 Å². The predicted octanol–water partition coefficient (Wildman–Crippen LogP) is 1.70. The molecule has 18 heavy (non-hydrogen) atoms. The maximum absolute atomic E-state index is 12.1. The molecule has 0 unspecified atom stereocenters. The summed E-state index contributed by atoms with van der Waals surface area (Å²) in [6.07, 6.45) is 2.06. The highest BCUT2D eigenvalue weighted by Crippen LogP contribution is 2.10. The molecule has 4 heteroatoms. The molecule has 0 aliphatic carbocycles. The molecule has 0 spiro atoms. The Kier molecular flexibility index (Phi) is 4.10. The summed E-state index contributed by atoms with van der Waals surface area (Å²) in [4.78, 5) is 16.5. The van der Waals surface area contributed by atoms with Gasteiger partial charge in [0.25, 0.3) is 5.56 Å². The second kappa shape index (κ2) is 5.78. The van der Waals surface area contributed by atoms with Crippen LogP contribution in [0.1, 0.15) is 18.5 Å². The van der Waals surface area contributed by atoms with E-state index in [1.165, 1.54) is 0 Å². The van der Waals surface area contributed by atoms with E-state index in [1.54, 1.807) is 6.92 Å². The Morgan fingerprint density at radius 1 is 1.28 bits per heavy atom. The van der Waals surface area contributed by atoms with Crippen LogP contribution >= 0.6 is 0 Å². The van der Waals surface area contributed by atoms with Gasteiger partial charge in [0.2, 0.25) is 0 Å². The molecule has 2 aromatic rings. The normalized spacial score (nSPS) is 11.0. The number of para-hydroxylation sites is 2. The van der Waals surface area contributed by atoms with Crippen molar-refractivity contribution in [3.05, 3.63) is 40.3 Å². The topological polar surface area (TPSA) is 46.9 Å². The number of aromatic nitrogens is 2. The van der Waals surface area contributed by atoms with Crippen molar-refractivity contribution in [1.29, 1.82) is 0 Å². The van der Waals surface area contributed by atoms with Gasteiger partial charge in [-0.3, -0.25) is 4.79 Å². The first-order valence-electron chi connectivity index (χ1n) is 6.35. The van der Waals surface area contributed by atoms with Gasteiger partial charge in [0.15, 0.2) is 0 Å². The Balaban J connectivity index is 2.35. The molecule has 0 aliphatic rings. The van der Waals surface area contributed by atoms with Crippen LogP contribution in [0.25, 0.3) is 11.0 Å². The zero-order valence-corrected chi connectivity index (χ0v) is 10.9. The van der Waals surface area contributed by atoms with Gasteiger partial charge in [0.1, 0.15) is 5.69 Å². The molecule has 4 nitrogen and oxygen atoms in total. The molecule has 0 radical (unpaired) electrons. The molecular weight excluding hydrogens is 226 g/mol. The number of fused-ring (bicyclic) bond motifs is 1. The van der Waals surface area contributed by atoms with Gasteiger partial charge < -0.3 is 9.88 Å². The van der Waals surface area contributed by atoms with Gasteiger partial charge in [-0.1, -0.05) is 12.1 Å². The minimum Gasteiger partial charge on any atom is -0.320 e. The van der Waals surface area contributed by atoms with Crippen LogP contribution in [0.5, 0.6) is 0 Å². The number of unbranched alkanes of at least 4 members (excludes halogenated alkanes) is 1. The lowest BCUT2D eigenvalue weighted by molar-refractivity contribution is 0.587. The van der Waals surface area contributed by atoms with Gasteiger partial charge in [-0.25, -0.2) is 4.98 Å². The highest BCUT2D eigenvalue weighted by Gasteiger charge is 2.06. The molecule has 1 aromatic heterocycles. The maximum atomic E-state index is 12.1. The summed E-state index contributed by atoms with van der Waals surface area (Å²) in [7, 11) is 1.94. The Labute approximate surface area is 107 Å². The molecule has 0 atom stereocenters. The smallest absolute Gasteiger partial charge is 0.272 e. The van der Waals surface area contributed by atoms with Crippen molar-refractivity contribution < 1.29 is 0 Å². The van der Waals surface area contributed by atoms with Crippen molar-refractivity contribution in [3.8, 4) is 0 Å². The van der Waals surface area contributed by atoms with Gasteiger partial charge in [-0.05, 0) is 45.5 Å². The second-order valence-electron chi connectivity index (χ2n) is 4.45. The molecule has 1 N–H and O–H groups in total. The lowest BCUT2D eigenvalue weighted by Crippen LogP contribution is -2.24. The third kappa shape index (κ3) is 2.59. The number of aryl methyl sites for hydroxylation is 2. The molecule has 0 amide bonds. The number of nitrogens with zero attached hydrogens (tertiary/aromatic N) is 2. The van der Waals surface area contributed by atoms with E-state index in [4.69, 9.17) is 0 Å². The number of hydrogen-bond donors (Lipinski definition) is 1. The lowest BCUT2D eigenvalue weighted by atomic mass is 10.2. The Morgan fingerprint density at radius 2 is 2.06 bits per heavy atom. The van der Waals surface area contributed by atoms with Crippen LogP contribution < -0.4 is 10.9 Å². The van der Waals surface area contributed by atoms with Crippen molar-refractivity contribution in [3.63, 3.8) is 0 Å². The fraction of sp³-hybridized carbons (Fsp3) is 0.429. The van der Waals surface area contributed by atoms with Crippen LogP contribution in [0.4, 0.5) is 0 Å². The summed E-state index contributed by atoms with van der Waals surface area (Å²) in [6.45, 7) is 3.51. The Hall–Kier alpha value is -1.68. The molecule has 1 aromatic carbocycles. The highest BCUT2D eigenvalue weighted by molar-refractivity contribution is 5.74. The molecular formula is C14H19N3O. The average Bonchev–Trinajstić information content (AvgIpc) is 2.38. The van der Waals surface area contributed by atoms with Crippen molar-refractivity contribution in [2.45, 2.75) is 26.3 Å². The SMILES string of the molecule is CNCCCCn1c(=O)c(C)nc2ccccc21. The van der Waals surface area contributed by atoms with Crippen molar-refractivity contribution in [1.82, 2.24) is 14.9 Å². The molecule has 0 aliphatic heterocycles. The zero-order chi connectivity index (χ0) is 13.0. The van der Waals surface area contributed by atoms with Crippen LogP contribution in [0.3, 0.4) is 0 Å². The average molecular weight is 245 g/mol. The molecule has 0 saturated carbocycles. The van der Waals surface area contributed by atoms with Gasteiger partial charge in [-0.15, -0.1) is 0 Å². The summed E-state index contributed by atoms with van der Waals surface area (Å²) in [6, 6.07) is 7.81. The Morgan fingerprint density at radius 3 is 2.83 bits per heavy atom. The number of benzene rings is 1. The monoisotopic (exact) mass is 245 g/mol. The summed E-state index contributed by atoms with van der Waals surface area (Å²) in [5.74, 6) is 0. The highest BCUT2D eigenvalue weighted by atomic mass is 16.1. The fourth-order valence-electron chi connectivity index (χ4n) is 2.11. The van der Waals surface area contributed by atoms with Gasteiger partial charge in [0, 0.05) is 6.54 Å². The number of hydrogen-bond acceptors (Lipinski definition) is 3. The zero-order valence-electron chi connectivity index (χ0n) is 10.9. The van der Waals surface area contributed by atoms with E-state index < -0.39 is 0 Å². The molecule has 0 fully saturated rings. The lowest BCUT2D eigenvalue weighted by Gasteiger charge is -2.10. The van der Waals surface area contributed by atoms with E-state index >= 15 is 0 Å². The summed E-state index contributed by atoms with van der Waals surface area (Å²) < 4.78 is 1.84. The van der Waals surface area contributed by atoms with Crippen LogP contribution in [0, 0.1) is 6.92 Å². The van der Waals surface area contributed by atoms with Gasteiger partial charge in [-0.2, -0.15) is 0 Å². The largest absolute Gasteiger partial charge is 0.320 e. The standard InChI is InChI=1S/C14H19N3O/c1-11-14(18)17(10-6-5-9-15-2)13-8-4-3-7-12(13)16-11/h3-4,7-8,15H,5-6,9-10H2,1-2H3. The third-order valence-corrected chi connectivity index (χ3v) is 3.07. The quantitative estimate of drug-likeness (QED) is 0.816. The summed E-state index contributed by atoms with van der Waals surface area (Å²) >= 11 is 0. The molecule has 0 saturated heterocycles. The second-order valence-corrected chi connectivity index (χ2v) is 4.45. The fourth-order valence-corrected chi connectivity index (χ4v) is 2.11. The molecule has 2 rings (SSSR count). The van der Waals surface area contributed by atoms with Crippen molar-refractivity contribution >= 4 is 11.0 Å². The van der Waals surface area contributed by atoms with Gasteiger partial charge in [0.05, 0.1) is 11.0 Å². The van der Waals surface area contributed by atoms with E-state index in [9.17, 15) is 4.79 Å². The van der Waals surface area contributed by atoms with Crippen LogP contribution in [-0.2, 0) is 6.54 Å². The summed E-state index contributed by atoms with van der Waals surface area (Å²) in [5, 5.41) is 3.12. The number of nitrogens with one attached hydrogen (secondary N) is 1. The first-order valence-corrected chi connectivity index (χ1v) is 6.35. The summed E-state index contributed by atoms with van der Waals surface area (Å²) in [5.41, 5.74) is 2.42. The van der Waals surface area contributed by atoms with Crippen LogP contribution in [0.15, 0.2) is 29.1 Å². The first kappa shape index (κ1) is 12.8. The molecule has 0 bridgehead atoms. The van der Waals surface area contributed by atoms with Crippen molar-refractivity contribution in [2.24, 2.45) is 0 Å². The maximum Gasteiger partial charge on any atom is 0.272 e. The van der Waals surface area contributed by atoms with Crippen molar-refractivity contribution in [2.75, 3.05) is 13.6 Å². The van der Waals surface area contributed by atoms with E-state index in [2.05, 4.69) is 10.3 Å².